The number of ether oxygens (including phenoxy) is 1. The molecule has 1 heterocycles. The first-order valence-electron chi connectivity index (χ1n) is 6.43. The van der Waals surface area contributed by atoms with Gasteiger partial charge in [0.15, 0.2) is 5.75 Å². The van der Waals surface area contributed by atoms with Gasteiger partial charge in [0.2, 0.25) is 5.91 Å². The van der Waals surface area contributed by atoms with Gasteiger partial charge >= 0.3 is 0 Å². The number of hydrogen-bond donors (Lipinski definition) is 1. The number of halogens is 1. The molecule has 0 aromatic carbocycles. The molecule has 1 fully saturated rings. The summed E-state index contributed by atoms with van der Waals surface area (Å²) in [6, 6.07) is 1.82. The van der Waals surface area contributed by atoms with E-state index in [1.807, 2.05) is 26.8 Å². The Morgan fingerprint density at radius 2 is 2.26 bits per heavy atom. The van der Waals surface area contributed by atoms with Crippen molar-refractivity contribution in [3.8, 4) is 5.75 Å². The van der Waals surface area contributed by atoms with Crippen LogP contribution in [0.1, 0.15) is 32.4 Å². The number of aromatic nitrogens is 1. The van der Waals surface area contributed by atoms with Crippen LogP contribution in [0.3, 0.4) is 0 Å². The van der Waals surface area contributed by atoms with Crippen LogP contribution in [-0.4, -0.2) is 22.9 Å². The summed E-state index contributed by atoms with van der Waals surface area (Å²) >= 11 is 5.82. The molecular weight excluding hydrogens is 264 g/mol. The van der Waals surface area contributed by atoms with Crippen molar-refractivity contribution in [2.24, 2.45) is 5.41 Å². The summed E-state index contributed by atoms with van der Waals surface area (Å²) in [7, 11) is 0. The normalized spacial score (nSPS) is 15.2. The van der Waals surface area contributed by atoms with E-state index in [9.17, 15) is 4.79 Å². The molecule has 1 N–H and O–H groups in total. The van der Waals surface area contributed by atoms with Crippen molar-refractivity contribution in [3.05, 3.63) is 18.0 Å². The molecule has 1 aliphatic rings. The van der Waals surface area contributed by atoms with Crippen molar-refractivity contribution in [2.75, 3.05) is 11.2 Å². The van der Waals surface area contributed by atoms with Gasteiger partial charge in [0, 0.05) is 11.6 Å². The monoisotopic (exact) mass is 282 g/mol. The fourth-order valence-corrected chi connectivity index (χ4v) is 1.58. The predicted octanol–water partition coefficient (Wildman–Crippen LogP) is 3.13. The standard InChI is InChI=1S/C14H19ClN2O2/c1-9-6-11(17-13(18)14(2,3)8-15)12(7-16-9)19-10-4-5-10/h6-7,10H,4-5,8H2,1-3H3,(H,16,17,18). The first-order chi connectivity index (χ1) is 8.92. The third kappa shape index (κ3) is 3.60. The van der Waals surface area contributed by atoms with Crippen LogP contribution >= 0.6 is 11.6 Å². The molecule has 2 rings (SSSR count). The topological polar surface area (TPSA) is 51.2 Å². The minimum absolute atomic E-state index is 0.117. The number of rotatable bonds is 5. The van der Waals surface area contributed by atoms with Crippen LogP contribution in [0.15, 0.2) is 12.3 Å². The molecule has 0 saturated heterocycles. The summed E-state index contributed by atoms with van der Waals surface area (Å²) in [4.78, 5) is 16.4. The molecule has 0 radical (unpaired) electrons. The summed E-state index contributed by atoms with van der Waals surface area (Å²) in [5.41, 5.74) is 0.889. The molecule has 0 bridgehead atoms. The second-order valence-electron chi connectivity index (χ2n) is 5.61. The van der Waals surface area contributed by atoms with Gasteiger partial charge in [-0.15, -0.1) is 11.6 Å². The molecular formula is C14H19ClN2O2. The summed E-state index contributed by atoms with van der Waals surface area (Å²) in [5.74, 6) is 0.780. The number of anilines is 1. The zero-order chi connectivity index (χ0) is 14.0. The Morgan fingerprint density at radius 1 is 1.58 bits per heavy atom. The van der Waals surface area contributed by atoms with Crippen LogP contribution in [0, 0.1) is 12.3 Å². The number of nitrogens with zero attached hydrogens (tertiary/aromatic N) is 1. The zero-order valence-electron chi connectivity index (χ0n) is 11.5. The van der Waals surface area contributed by atoms with Crippen molar-refractivity contribution in [3.63, 3.8) is 0 Å². The highest BCUT2D eigenvalue weighted by molar-refractivity contribution is 6.20. The number of carbonyl (C=O) groups is 1. The lowest BCUT2D eigenvalue weighted by molar-refractivity contribution is -0.122. The van der Waals surface area contributed by atoms with E-state index < -0.39 is 5.41 Å². The molecule has 1 saturated carbocycles. The number of aryl methyl sites for hydroxylation is 1. The number of nitrogens with one attached hydrogen (secondary N) is 1. The first kappa shape index (κ1) is 14.1. The quantitative estimate of drug-likeness (QED) is 0.844. The minimum Gasteiger partial charge on any atom is -0.487 e. The largest absolute Gasteiger partial charge is 0.487 e. The summed E-state index contributed by atoms with van der Waals surface area (Å²) < 4.78 is 5.75. The Morgan fingerprint density at radius 3 is 2.84 bits per heavy atom. The van der Waals surface area contributed by atoms with Gasteiger partial charge in [-0.2, -0.15) is 0 Å². The van der Waals surface area contributed by atoms with E-state index in [2.05, 4.69) is 10.3 Å². The number of carbonyl (C=O) groups excluding carboxylic acids is 1. The zero-order valence-corrected chi connectivity index (χ0v) is 12.3. The number of hydrogen-bond acceptors (Lipinski definition) is 3. The van der Waals surface area contributed by atoms with E-state index in [0.29, 0.717) is 11.4 Å². The molecule has 0 unspecified atom stereocenters. The highest BCUT2D eigenvalue weighted by atomic mass is 35.5. The van der Waals surface area contributed by atoms with Crippen LogP contribution < -0.4 is 10.1 Å². The van der Waals surface area contributed by atoms with Gasteiger partial charge in [-0.05, 0) is 39.7 Å². The van der Waals surface area contributed by atoms with Gasteiger partial charge in [-0.25, -0.2) is 0 Å². The van der Waals surface area contributed by atoms with E-state index in [0.717, 1.165) is 18.5 Å². The molecule has 1 aliphatic carbocycles. The molecule has 0 atom stereocenters. The SMILES string of the molecule is Cc1cc(NC(=O)C(C)(C)CCl)c(OC2CC2)cn1. The molecule has 104 valence electrons. The maximum absolute atomic E-state index is 12.2. The summed E-state index contributed by atoms with van der Waals surface area (Å²) in [6.07, 6.45) is 4.06. The number of pyridine rings is 1. The molecule has 1 aromatic rings. The fourth-order valence-electron chi connectivity index (χ4n) is 1.46. The molecule has 0 spiro atoms. The van der Waals surface area contributed by atoms with E-state index in [1.165, 1.54) is 0 Å². The third-order valence-electron chi connectivity index (χ3n) is 3.02. The van der Waals surface area contributed by atoms with Crippen LogP contribution in [0.4, 0.5) is 5.69 Å². The van der Waals surface area contributed by atoms with Crippen molar-refractivity contribution in [2.45, 2.75) is 39.7 Å². The van der Waals surface area contributed by atoms with Crippen molar-refractivity contribution in [1.29, 1.82) is 0 Å². The van der Waals surface area contributed by atoms with E-state index in [4.69, 9.17) is 16.3 Å². The van der Waals surface area contributed by atoms with E-state index in [-0.39, 0.29) is 17.9 Å². The minimum atomic E-state index is -0.615. The lowest BCUT2D eigenvalue weighted by Crippen LogP contribution is -2.32. The van der Waals surface area contributed by atoms with E-state index >= 15 is 0 Å². The second-order valence-corrected chi connectivity index (χ2v) is 5.88. The average Bonchev–Trinajstić information content (AvgIpc) is 3.16. The van der Waals surface area contributed by atoms with Gasteiger partial charge in [0.25, 0.3) is 0 Å². The van der Waals surface area contributed by atoms with E-state index in [1.54, 1.807) is 6.20 Å². The lowest BCUT2D eigenvalue weighted by Gasteiger charge is -2.21. The predicted molar refractivity (Wildman–Crippen MR) is 75.8 cm³/mol. The molecule has 1 aromatic heterocycles. The highest BCUT2D eigenvalue weighted by Crippen LogP contribution is 2.32. The maximum Gasteiger partial charge on any atom is 0.231 e. The van der Waals surface area contributed by atoms with Gasteiger partial charge in [-0.1, -0.05) is 0 Å². The van der Waals surface area contributed by atoms with Crippen LogP contribution in [0.25, 0.3) is 0 Å². The summed E-state index contributed by atoms with van der Waals surface area (Å²) in [5, 5.41) is 2.89. The van der Waals surface area contributed by atoms with Gasteiger partial charge in [0.05, 0.1) is 23.4 Å². The Balaban J connectivity index is 2.17. The van der Waals surface area contributed by atoms with Gasteiger partial charge < -0.3 is 10.1 Å². The van der Waals surface area contributed by atoms with Crippen LogP contribution in [-0.2, 0) is 4.79 Å². The average molecular weight is 283 g/mol. The molecule has 4 nitrogen and oxygen atoms in total. The fraction of sp³-hybridized carbons (Fsp3) is 0.571. The Labute approximate surface area is 118 Å². The summed E-state index contributed by atoms with van der Waals surface area (Å²) in [6.45, 7) is 5.50. The van der Waals surface area contributed by atoms with Crippen molar-refractivity contribution < 1.29 is 9.53 Å². The number of amides is 1. The van der Waals surface area contributed by atoms with Crippen LogP contribution in [0.2, 0.25) is 0 Å². The van der Waals surface area contributed by atoms with Gasteiger partial charge in [0.1, 0.15) is 0 Å². The smallest absolute Gasteiger partial charge is 0.231 e. The molecule has 1 amide bonds. The third-order valence-corrected chi connectivity index (χ3v) is 3.69. The Kier molecular flexibility index (Phi) is 3.99. The molecule has 19 heavy (non-hydrogen) atoms. The van der Waals surface area contributed by atoms with Gasteiger partial charge in [-0.3, -0.25) is 9.78 Å². The Bertz CT molecular complexity index is 484. The molecule has 0 aliphatic heterocycles. The Hall–Kier alpha value is -1.29. The molecule has 5 heteroatoms. The highest BCUT2D eigenvalue weighted by Gasteiger charge is 2.29. The van der Waals surface area contributed by atoms with Crippen molar-refractivity contribution in [1.82, 2.24) is 4.98 Å². The second kappa shape index (κ2) is 5.37. The number of alkyl halides is 1. The lowest BCUT2D eigenvalue weighted by atomic mass is 9.95. The van der Waals surface area contributed by atoms with Crippen LogP contribution in [0.5, 0.6) is 5.75 Å². The maximum atomic E-state index is 12.2. The first-order valence-corrected chi connectivity index (χ1v) is 6.96. The van der Waals surface area contributed by atoms with Crippen molar-refractivity contribution >= 4 is 23.2 Å².